The first-order valence-corrected chi connectivity index (χ1v) is 16.8. The number of nitrogens with one attached hydrogen (secondary N) is 2. The Morgan fingerprint density at radius 1 is 1.05 bits per heavy atom. The molecule has 220 valence electrons. The molecule has 42 heavy (non-hydrogen) atoms. The Morgan fingerprint density at radius 3 is 2.64 bits per heavy atom. The van der Waals surface area contributed by atoms with Crippen molar-refractivity contribution >= 4 is 51.3 Å². The van der Waals surface area contributed by atoms with Gasteiger partial charge < -0.3 is 9.46 Å². The number of ether oxygens (including phenoxy) is 1. The first-order valence-electron chi connectivity index (χ1n) is 13.9. The highest BCUT2D eigenvalue weighted by atomic mass is 32.2. The molecule has 0 bridgehead atoms. The predicted molar refractivity (Wildman–Crippen MR) is 182 cm³/mol. The lowest BCUT2D eigenvalue weighted by Gasteiger charge is -2.18. The number of thiazole rings is 1. The van der Waals surface area contributed by atoms with Gasteiger partial charge in [0.15, 0.2) is 21.1 Å². The van der Waals surface area contributed by atoms with Crippen molar-refractivity contribution in [3.63, 3.8) is 0 Å². The summed E-state index contributed by atoms with van der Waals surface area (Å²) < 4.78 is 25.8. The second-order valence-corrected chi connectivity index (χ2v) is 13.8. The van der Waals surface area contributed by atoms with E-state index in [1.165, 1.54) is 11.3 Å². The number of nitrogens with zero attached hydrogens (tertiary/aromatic N) is 2. The molecule has 0 fully saturated rings. The summed E-state index contributed by atoms with van der Waals surface area (Å²) in [5.74, 6) is 2.40. The van der Waals surface area contributed by atoms with E-state index in [1.54, 1.807) is 18.0 Å². The molecule has 9 heteroatoms. The van der Waals surface area contributed by atoms with Crippen LogP contribution >= 0.6 is 23.3 Å². The van der Waals surface area contributed by atoms with Crippen molar-refractivity contribution in [1.82, 2.24) is 9.97 Å². The van der Waals surface area contributed by atoms with Crippen LogP contribution in [0.4, 0.5) is 10.9 Å². The number of hydrogen-bond acceptors (Lipinski definition) is 7. The highest BCUT2D eigenvalue weighted by Crippen LogP contribution is 2.41. The number of allylic oxidation sites excluding steroid dienone is 1. The van der Waals surface area contributed by atoms with Gasteiger partial charge in [0.2, 0.25) is 0 Å². The summed E-state index contributed by atoms with van der Waals surface area (Å²) in [7, 11) is -1.61. The molecule has 1 unspecified atom stereocenters. The van der Waals surface area contributed by atoms with E-state index in [9.17, 15) is 4.21 Å². The summed E-state index contributed by atoms with van der Waals surface area (Å²) in [4.78, 5) is 10.4. The zero-order valence-electron chi connectivity index (χ0n) is 24.4. The highest BCUT2D eigenvalue weighted by molar-refractivity contribution is 8.00. The minimum absolute atomic E-state index is 0.196. The molecule has 0 amide bonds. The maximum Gasteiger partial charge on any atom is 0.196 e. The van der Waals surface area contributed by atoms with Crippen molar-refractivity contribution in [3.05, 3.63) is 91.5 Å². The van der Waals surface area contributed by atoms with Crippen LogP contribution in [0.25, 0.3) is 27.8 Å². The lowest BCUT2D eigenvalue weighted by Crippen LogP contribution is -2.11. The summed E-state index contributed by atoms with van der Waals surface area (Å²) >= 11 is 3.02. The monoisotopic (exact) mass is 618 g/mol. The number of pyridine rings is 1. The molecule has 2 N–H and O–H groups in total. The van der Waals surface area contributed by atoms with Gasteiger partial charge in [-0.1, -0.05) is 105 Å². The number of rotatable bonds is 15. The lowest BCUT2D eigenvalue weighted by molar-refractivity contribution is 0.243. The fraction of sp³-hybridized carbons (Fsp3) is 0.273. The Morgan fingerprint density at radius 2 is 1.86 bits per heavy atom. The molecule has 0 radical (unpaired) electrons. The Labute approximate surface area is 260 Å². The summed E-state index contributed by atoms with van der Waals surface area (Å²) in [6.45, 7) is 15.0. The Hall–Kier alpha value is -3.40. The van der Waals surface area contributed by atoms with Gasteiger partial charge in [0.05, 0.1) is 17.2 Å². The van der Waals surface area contributed by atoms with Crippen LogP contribution in [-0.4, -0.2) is 26.5 Å². The maximum absolute atomic E-state index is 13.4. The van der Waals surface area contributed by atoms with E-state index in [4.69, 9.17) is 9.72 Å². The van der Waals surface area contributed by atoms with Crippen molar-refractivity contribution in [2.24, 2.45) is 5.41 Å². The number of benzene rings is 2. The van der Waals surface area contributed by atoms with Gasteiger partial charge in [-0.25, -0.2) is 14.2 Å². The van der Waals surface area contributed by atoms with Crippen molar-refractivity contribution in [2.75, 3.05) is 21.8 Å². The zero-order chi connectivity index (χ0) is 30.0. The highest BCUT2D eigenvalue weighted by Gasteiger charge is 2.19. The van der Waals surface area contributed by atoms with Crippen LogP contribution in [0.3, 0.4) is 0 Å². The van der Waals surface area contributed by atoms with Crippen molar-refractivity contribution in [2.45, 2.75) is 45.1 Å². The third-order valence-electron chi connectivity index (χ3n) is 6.20. The van der Waals surface area contributed by atoms with Gasteiger partial charge >= 0.3 is 0 Å². The van der Waals surface area contributed by atoms with E-state index in [0.29, 0.717) is 22.6 Å². The number of anilines is 2. The number of hydrogen-bond donors (Lipinski definition) is 2. The van der Waals surface area contributed by atoms with E-state index in [-0.39, 0.29) is 5.41 Å². The fourth-order valence-electron chi connectivity index (χ4n) is 3.97. The van der Waals surface area contributed by atoms with E-state index >= 15 is 0 Å². The van der Waals surface area contributed by atoms with Crippen molar-refractivity contribution in [1.29, 1.82) is 0 Å². The van der Waals surface area contributed by atoms with Crippen molar-refractivity contribution in [3.8, 4) is 27.4 Å². The Bertz CT molecular complexity index is 1530. The molecular formula is C33H38N4O2S3. The molecule has 2 heterocycles. The Balaban J connectivity index is 1.60. The van der Waals surface area contributed by atoms with Crippen LogP contribution in [-0.2, 0) is 11.0 Å². The van der Waals surface area contributed by atoms with Crippen molar-refractivity contribution < 1.29 is 8.95 Å². The van der Waals surface area contributed by atoms with Crippen LogP contribution in [0.1, 0.15) is 45.6 Å². The molecule has 4 aromatic rings. The van der Waals surface area contributed by atoms with Crippen LogP contribution in [0.15, 0.2) is 91.0 Å². The topological polar surface area (TPSA) is 76.1 Å². The minimum atomic E-state index is -1.61. The van der Waals surface area contributed by atoms with Gasteiger partial charge in [-0.2, -0.15) is 0 Å². The average Bonchev–Trinajstić information content (AvgIpc) is 3.40. The largest absolute Gasteiger partial charge is 0.494 e. The smallest absolute Gasteiger partial charge is 0.196 e. The summed E-state index contributed by atoms with van der Waals surface area (Å²) in [6.07, 6.45) is 6.70. The summed E-state index contributed by atoms with van der Waals surface area (Å²) in [6, 6.07) is 21.5. The standard InChI is InChI=1S/C33H38N4O2S3/c1-6-8-11-22-40-36-28-18-13-19-29(34-28)42(38)37-32-35-30(27-17-10-9-14-24(27)7-2)31(41-32)25-15-12-16-26(23-25)39-21-20-33(3,4)5/h6-7,9-10,12-19,23H,1-2,8,11,20-22H2,3-5H3,(H,34,36)(H,35,37). The second-order valence-electron chi connectivity index (χ2n) is 10.8. The van der Waals surface area contributed by atoms with Gasteiger partial charge in [-0.05, 0) is 60.1 Å². The molecule has 2 aromatic carbocycles. The van der Waals surface area contributed by atoms with E-state index in [1.807, 2.05) is 72.8 Å². The average molecular weight is 619 g/mol. The molecule has 0 aliphatic carbocycles. The molecule has 0 spiro atoms. The normalized spacial score (nSPS) is 12.0. The molecule has 1 atom stereocenters. The number of unbranched alkanes of at least 4 members (excludes halogenated alkanes) is 1. The summed E-state index contributed by atoms with van der Waals surface area (Å²) in [5.41, 5.74) is 3.89. The van der Waals surface area contributed by atoms with E-state index in [0.717, 1.165) is 58.0 Å². The molecule has 0 aliphatic rings. The molecule has 2 aromatic heterocycles. The third kappa shape index (κ3) is 9.05. The van der Waals surface area contributed by atoms with Crippen LogP contribution in [0.2, 0.25) is 0 Å². The molecule has 4 rings (SSSR count). The second kappa shape index (κ2) is 15.2. The fourth-order valence-corrected chi connectivity index (χ4v) is 6.55. The first kappa shape index (κ1) is 31.5. The van der Waals surface area contributed by atoms with Gasteiger partial charge in [-0.15, -0.1) is 6.58 Å². The maximum atomic E-state index is 13.4. The molecular weight excluding hydrogens is 581 g/mol. The van der Waals surface area contributed by atoms with Gasteiger partial charge in [-0.3, -0.25) is 4.72 Å². The van der Waals surface area contributed by atoms with Crippen LogP contribution < -0.4 is 14.2 Å². The van der Waals surface area contributed by atoms with E-state index < -0.39 is 11.0 Å². The van der Waals surface area contributed by atoms with Crippen LogP contribution in [0, 0.1) is 5.41 Å². The van der Waals surface area contributed by atoms with Crippen LogP contribution in [0.5, 0.6) is 5.75 Å². The minimum Gasteiger partial charge on any atom is -0.494 e. The molecule has 6 nitrogen and oxygen atoms in total. The lowest BCUT2D eigenvalue weighted by atomic mass is 9.93. The molecule has 0 aliphatic heterocycles. The summed E-state index contributed by atoms with van der Waals surface area (Å²) in [5, 5.41) is 0.959. The SMILES string of the molecule is C=CCCCSNc1cccc(S(=O)Nc2nc(-c3ccccc3C=C)c(-c3cccc(OCCC(C)(C)C)c3)s2)n1. The Kier molecular flexibility index (Phi) is 11.4. The van der Waals surface area contributed by atoms with Gasteiger partial charge in [0.1, 0.15) is 11.6 Å². The zero-order valence-corrected chi connectivity index (χ0v) is 26.8. The molecule has 0 saturated heterocycles. The molecule has 0 saturated carbocycles. The first-order chi connectivity index (χ1) is 20.3. The predicted octanol–water partition coefficient (Wildman–Crippen LogP) is 9.49. The van der Waals surface area contributed by atoms with Gasteiger partial charge in [0, 0.05) is 11.3 Å². The van der Waals surface area contributed by atoms with Gasteiger partial charge in [0.25, 0.3) is 0 Å². The number of aromatic nitrogens is 2. The quantitative estimate of drug-likeness (QED) is 0.0785. The van der Waals surface area contributed by atoms with E-state index in [2.05, 4.69) is 48.4 Å². The third-order valence-corrected chi connectivity index (χ3v) is 9.19.